The van der Waals surface area contributed by atoms with Crippen molar-refractivity contribution in [1.29, 1.82) is 5.26 Å². The minimum absolute atomic E-state index is 0.0462. The molecule has 0 aromatic heterocycles. The van der Waals surface area contributed by atoms with E-state index in [1.807, 2.05) is 0 Å². The van der Waals surface area contributed by atoms with Gasteiger partial charge in [-0.1, -0.05) is 26.2 Å². The molecule has 6 atom stereocenters. The summed E-state index contributed by atoms with van der Waals surface area (Å²) in [4.78, 5) is 12.7. The van der Waals surface area contributed by atoms with Crippen molar-refractivity contribution in [3.63, 3.8) is 0 Å². The molecule has 150 valence electrons. The van der Waals surface area contributed by atoms with E-state index in [0.717, 1.165) is 42.4 Å². The first-order valence-corrected chi connectivity index (χ1v) is 11.4. The number of carbonyl (C=O) groups is 1. The fourth-order valence-corrected chi connectivity index (χ4v) is 6.57. The Kier molecular flexibility index (Phi) is 6.04. The highest BCUT2D eigenvalue weighted by atomic mass is 16.5. The van der Waals surface area contributed by atoms with Gasteiger partial charge in [0.15, 0.2) is 0 Å². The minimum atomic E-state index is -0.0723. The number of carbonyl (C=O) groups excluding carboxylic acids is 1. The van der Waals surface area contributed by atoms with E-state index >= 15 is 0 Å². The van der Waals surface area contributed by atoms with Gasteiger partial charge in [0, 0.05) is 0 Å². The molecule has 28 heavy (non-hydrogen) atoms. The molecule has 1 aromatic rings. The predicted octanol–water partition coefficient (Wildman–Crippen LogP) is 6.12. The number of ether oxygens (including phenoxy) is 1. The number of fused-ring (bicyclic) bond motifs is 3. The molecule has 0 N–H and O–H groups in total. The Morgan fingerprint density at radius 3 is 2.36 bits per heavy atom. The van der Waals surface area contributed by atoms with E-state index in [2.05, 4.69) is 13.0 Å². The van der Waals surface area contributed by atoms with Crippen LogP contribution in [0.4, 0.5) is 0 Å². The van der Waals surface area contributed by atoms with Crippen molar-refractivity contribution in [3.05, 3.63) is 29.8 Å². The fourth-order valence-electron chi connectivity index (χ4n) is 6.57. The van der Waals surface area contributed by atoms with Crippen LogP contribution in [-0.2, 0) is 4.79 Å². The topological polar surface area (TPSA) is 50.1 Å². The first-order valence-electron chi connectivity index (χ1n) is 11.4. The van der Waals surface area contributed by atoms with Gasteiger partial charge in [-0.15, -0.1) is 0 Å². The second kappa shape index (κ2) is 8.68. The SMILES string of the molecule is CCCC1CCC2C(CC[C@@H]3C[C@H](C(=O)Oc4ccc(C#N)cc4)CC[C@H]23)C1. The maximum Gasteiger partial charge on any atom is 0.314 e. The van der Waals surface area contributed by atoms with Crippen molar-refractivity contribution in [3.8, 4) is 11.8 Å². The summed E-state index contributed by atoms with van der Waals surface area (Å²) in [5, 5.41) is 8.89. The van der Waals surface area contributed by atoms with Crippen molar-refractivity contribution in [1.82, 2.24) is 0 Å². The number of hydrogen-bond donors (Lipinski definition) is 0. The molecule has 0 aliphatic heterocycles. The average Bonchev–Trinajstić information content (AvgIpc) is 2.74. The van der Waals surface area contributed by atoms with Crippen LogP contribution in [0.5, 0.6) is 5.75 Å². The lowest BCUT2D eigenvalue weighted by Gasteiger charge is -2.50. The number of benzene rings is 1. The smallest absolute Gasteiger partial charge is 0.314 e. The van der Waals surface area contributed by atoms with Crippen molar-refractivity contribution < 1.29 is 9.53 Å². The molecule has 3 aliphatic rings. The number of nitriles is 1. The van der Waals surface area contributed by atoms with Crippen molar-refractivity contribution in [2.45, 2.75) is 71.1 Å². The van der Waals surface area contributed by atoms with E-state index in [1.165, 1.54) is 51.4 Å². The van der Waals surface area contributed by atoms with E-state index in [1.54, 1.807) is 24.3 Å². The molecular formula is C25H33NO2. The summed E-state index contributed by atoms with van der Waals surface area (Å²) < 4.78 is 5.63. The van der Waals surface area contributed by atoms with Gasteiger partial charge in [-0.25, -0.2) is 0 Å². The molecule has 3 heteroatoms. The molecule has 3 nitrogen and oxygen atoms in total. The van der Waals surface area contributed by atoms with Crippen LogP contribution < -0.4 is 4.74 Å². The molecule has 0 spiro atoms. The second-order valence-electron chi connectivity index (χ2n) is 9.46. The van der Waals surface area contributed by atoms with Crippen LogP contribution in [0.15, 0.2) is 24.3 Å². The summed E-state index contributed by atoms with van der Waals surface area (Å²) in [7, 11) is 0. The van der Waals surface area contributed by atoms with Crippen LogP contribution in [0, 0.1) is 46.8 Å². The highest BCUT2D eigenvalue weighted by Gasteiger charge is 2.45. The van der Waals surface area contributed by atoms with E-state index in [9.17, 15) is 4.79 Å². The Morgan fingerprint density at radius 2 is 1.68 bits per heavy atom. The van der Waals surface area contributed by atoms with Crippen LogP contribution in [-0.4, -0.2) is 5.97 Å². The lowest BCUT2D eigenvalue weighted by Crippen LogP contribution is -2.42. The monoisotopic (exact) mass is 379 g/mol. The molecule has 1 aromatic carbocycles. The quantitative estimate of drug-likeness (QED) is 0.467. The first kappa shape index (κ1) is 19.5. The zero-order valence-corrected chi connectivity index (χ0v) is 17.1. The van der Waals surface area contributed by atoms with Crippen LogP contribution in [0.2, 0.25) is 0 Å². The Balaban J connectivity index is 1.33. The third kappa shape index (κ3) is 4.12. The highest BCUT2D eigenvalue weighted by Crippen LogP contribution is 2.53. The summed E-state index contributed by atoms with van der Waals surface area (Å²) in [5.41, 5.74) is 0.589. The molecule has 4 rings (SSSR count). The number of esters is 1. The van der Waals surface area contributed by atoms with Gasteiger partial charge in [-0.3, -0.25) is 4.79 Å². The summed E-state index contributed by atoms with van der Waals surface area (Å²) >= 11 is 0. The molecule has 0 bridgehead atoms. The van der Waals surface area contributed by atoms with Gasteiger partial charge >= 0.3 is 5.97 Å². The maximum atomic E-state index is 12.7. The zero-order chi connectivity index (χ0) is 19.5. The molecule has 3 unspecified atom stereocenters. The predicted molar refractivity (Wildman–Crippen MR) is 110 cm³/mol. The van der Waals surface area contributed by atoms with Crippen molar-refractivity contribution in [2.75, 3.05) is 0 Å². The Hall–Kier alpha value is -1.82. The molecular weight excluding hydrogens is 346 g/mol. The highest BCUT2D eigenvalue weighted by molar-refractivity contribution is 5.75. The zero-order valence-electron chi connectivity index (χ0n) is 17.1. The van der Waals surface area contributed by atoms with Gasteiger partial charge in [-0.05, 0) is 98.8 Å². The lowest BCUT2D eigenvalue weighted by atomic mass is 9.55. The van der Waals surface area contributed by atoms with E-state index in [-0.39, 0.29) is 11.9 Å². The van der Waals surface area contributed by atoms with Gasteiger partial charge in [-0.2, -0.15) is 5.26 Å². The number of nitrogens with zero attached hydrogens (tertiary/aromatic N) is 1. The normalized spacial score (nSPS) is 34.6. The standard InChI is InChI=1S/C25H33NO2/c1-2-3-17-6-12-23-19(14-17)7-8-20-15-21(9-13-24(20)23)25(27)28-22-10-4-18(16-26)5-11-22/h4-5,10-11,17,19-21,23-24H,2-3,6-9,12-15H2,1H3/t17?,19?,20-,21-,23?,24+/m1/s1. The van der Waals surface area contributed by atoms with Gasteiger partial charge < -0.3 is 4.74 Å². The van der Waals surface area contributed by atoms with Crippen LogP contribution in [0.25, 0.3) is 0 Å². The number of hydrogen-bond acceptors (Lipinski definition) is 3. The first-order chi connectivity index (χ1) is 13.7. The molecule has 0 radical (unpaired) electrons. The van der Waals surface area contributed by atoms with Crippen molar-refractivity contribution >= 4 is 5.97 Å². The lowest BCUT2D eigenvalue weighted by molar-refractivity contribution is -0.142. The molecule has 0 saturated heterocycles. The summed E-state index contributed by atoms with van der Waals surface area (Å²) in [6.45, 7) is 2.32. The second-order valence-corrected chi connectivity index (χ2v) is 9.46. The van der Waals surface area contributed by atoms with Crippen molar-refractivity contribution in [2.24, 2.45) is 35.5 Å². The summed E-state index contributed by atoms with van der Waals surface area (Å²) in [5.74, 6) is 4.94. The fraction of sp³-hybridized carbons (Fsp3) is 0.680. The molecule has 3 aliphatic carbocycles. The third-order valence-corrected chi connectivity index (χ3v) is 7.88. The maximum absolute atomic E-state index is 12.7. The average molecular weight is 380 g/mol. The Morgan fingerprint density at radius 1 is 1.00 bits per heavy atom. The molecule has 3 saturated carbocycles. The van der Waals surface area contributed by atoms with Crippen LogP contribution in [0.3, 0.4) is 0 Å². The molecule has 3 fully saturated rings. The Labute approximate surface area is 169 Å². The molecule has 0 heterocycles. The van der Waals surface area contributed by atoms with Gasteiger partial charge in [0.2, 0.25) is 0 Å². The minimum Gasteiger partial charge on any atom is -0.426 e. The van der Waals surface area contributed by atoms with E-state index in [0.29, 0.717) is 11.3 Å². The molecule has 0 amide bonds. The third-order valence-electron chi connectivity index (χ3n) is 7.88. The van der Waals surface area contributed by atoms with E-state index < -0.39 is 0 Å². The Bertz CT molecular complexity index is 719. The van der Waals surface area contributed by atoms with Gasteiger partial charge in [0.05, 0.1) is 17.6 Å². The largest absolute Gasteiger partial charge is 0.426 e. The summed E-state index contributed by atoms with van der Waals surface area (Å²) in [6.07, 6.45) is 13.0. The van der Waals surface area contributed by atoms with Gasteiger partial charge in [0.25, 0.3) is 0 Å². The van der Waals surface area contributed by atoms with Gasteiger partial charge in [0.1, 0.15) is 5.75 Å². The number of rotatable bonds is 4. The van der Waals surface area contributed by atoms with Crippen LogP contribution >= 0.6 is 0 Å². The summed E-state index contributed by atoms with van der Waals surface area (Å²) in [6, 6.07) is 8.95. The van der Waals surface area contributed by atoms with E-state index in [4.69, 9.17) is 10.00 Å². The van der Waals surface area contributed by atoms with Crippen LogP contribution in [0.1, 0.15) is 76.7 Å².